The molecule has 0 fully saturated rings. The van der Waals surface area contributed by atoms with Gasteiger partial charge in [0.15, 0.2) is 0 Å². The zero-order chi connectivity index (χ0) is 14.7. The second-order valence-corrected chi connectivity index (χ2v) is 5.83. The van der Waals surface area contributed by atoms with E-state index in [-0.39, 0.29) is 6.04 Å². The average Bonchev–Trinajstić information content (AvgIpc) is 2.82. The molecule has 2 rings (SSSR count). The Morgan fingerprint density at radius 2 is 1.95 bits per heavy atom. The van der Waals surface area contributed by atoms with E-state index in [1.54, 1.807) is 10.7 Å². The summed E-state index contributed by atoms with van der Waals surface area (Å²) in [5.41, 5.74) is 2.01. The van der Waals surface area contributed by atoms with Gasteiger partial charge in [0.25, 0.3) is 0 Å². The normalized spacial score (nSPS) is 12.7. The Hall–Kier alpha value is -0.740. The number of nitrogens with zero attached hydrogens (tertiary/aromatic N) is 2. The average molecular weight is 333 g/mol. The lowest BCUT2D eigenvalue weighted by molar-refractivity contribution is 0.571. The molecule has 0 amide bonds. The highest BCUT2D eigenvalue weighted by molar-refractivity contribution is 6.48. The third-order valence-electron chi connectivity index (χ3n) is 3.13. The van der Waals surface area contributed by atoms with Crippen LogP contribution in [0.5, 0.6) is 0 Å². The van der Waals surface area contributed by atoms with E-state index in [2.05, 4.69) is 10.4 Å². The summed E-state index contributed by atoms with van der Waals surface area (Å²) in [4.78, 5) is 0. The van der Waals surface area contributed by atoms with Crippen molar-refractivity contribution in [3.8, 4) is 0 Å². The third-order valence-corrected chi connectivity index (χ3v) is 4.44. The molecule has 0 radical (unpaired) electrons. The van der Waals surface area contributed by atoms with Crippen molar-refractivity contribution in [3.05, 3.63) is 50.7 Å². The zero-order valence-corrected chi connectivity index (χ0v) is 13.6. The van der Waals surface area contributed by atoms with Crippen molar-refractivity contribution < 1.29 is 0 Å². The van der Waals surface area contributed by atoms with Crippen molar-refractivity contribution in [1.82, 2.24) is 15.1 Å². The van der Waals surface area contributed by atoms with Crippen molar-refractivity contribution in [1.29, 1.82) is 0 Å². The Morgan fingerprint density at radius 1 is 1.20 bits per heavy atom. The van der Waals surface area contributed by atoms with Crippen molar-refractivity contribution >= 4 is 34.8 Å². The third kappa shape index (κ3) is 3.67. The fraction of sp³-hybridized carbons (Fsp3) is 0.357. The molecule has 2 aromatic rings. The summed E-state index contributed by atoms with van der Waals surface area (Å²) < 4.78 is 1.80. The van der Waals surface area contributed by atoms with Gasteiger partial charge in [-0.05, 0) is 24.6 Å². The number of nitrogens with one attached hydrogen (secondary N) is 1. The smallest absolute Gasteiger partial charge is 0.0781 e. The number of rotatable bonds is 5. The molecule has 1 unspecified atom stereocenters. The second-order valence-electron chi connectivity index (χ2n) is 4.67. The van der Waals surface area contributed by atoms with Gasteiger partial charge in [-0.15, -0.1) is 0 Å². The molecule has 0 aliphatic rings. The van der Waals surface area contributed by atoms with Crippen LogP contribution in [0.4, 0.5) is 0 Å². The highest BCUT2D eigenvalue weighted by atomic mass is 35.5. The number of benzene rings is 1. The molecule has 1 atom stereocenters. The van der Waals surface area contributed by atoms with E-state index >= 15 is 0 Å². The monoisotopic (exact) mass is 331 g/mol. The summed E-state index contributed by atoms with van der Waals surface area (Å²) in [6.45, 7) is 2.86. The Morgan fingerprint density at radius 3 is 2.60 bits per heavy atom. The molecule has 0 bridgehead atoms. The van der Waals surface area contributed by atoms with E-state index in [1.165, 1.54) is 0 Å². The van der Waals surface area contributed by atoms with Gasteiger partial charge in [0.1, 0.15) is 0 Å². The summed E-state index contributed by atoms with van der Waals surface area (Å²) in [6.07, 6.45) is 2.80. The van der Waals surface area contributed by atoms with Gasteiger partial charge in [-0.3, -0.25) is 4.68 Å². The molecular weight excluding hydrogens is 317 g/mol. The first-order valence-corrected chi connectivity index (χ1v) is 7.47. The van der Waals surface area contributed by atoms with Gasteiger partial charge in [0.2, 0.25) is 0 Å². The lowest BCUT2D eigenvalue weighted by Gasteiger charge is -2.16. The Labute approximate surface area is 133 Å². The van der Waals surface area contributed by atoms with Crippen molar-refractivity contribution in [2.45, 2.75) is 19.4 Å². The van der Waals surface area contributed by atoms with Crippen LogP contribution in [-0.4, -0.2) is 16.3 Å². The van der Waals surface area contributed by atoms with Crippen LogP contribution < -0.4 is 5.32 Å². The van der Waals surface area contributed by atoms with Crippen LogP contribution in [0.2, 0.25) is 15.1 Å². The predicted octanol–water partition coefficient (Wildman–Crippen LogP) is 4.27. The second kappa shape index (κ2) is 6.81. The molecule has 1 N–H and O–H groups in total. The van der Waals surface area contributed by atoms with E-state index in [4.69, 9.17) is 34.8 Å². The largest absolute Gasteiger partial charge is 0.310 e. The maximum absolute atomic E-state index is 6.22. The van der Waals surface area contributed by atoms with E-state index in [0.29, 0.717) is 15.1 Å². The van der Waals surface area contributed by atoms with Crippen LogP contribution in [0.3, 0.4) is 0 Å². The lowest BCUT2D eigenvalue weighted by Crippen LogP contribution is -2.21. The minimum atomic E-state index is 0.0981. The molecule has 1 aromatic heterocycles. The summed E-state index contributed by atoms with van der Waals surface area (Å²) in [5, 5.41) is 9.14. The molecule has 108 valence electrons. The van der Waals surface area contributed by atoms with E-state index in [9.17, 15) is 0 Å². The molecule has 0 aliphatic heterocycles. The van der Waals surface area contributed by atoms with Gasteiger partial charge in [-0.2, -0.15) is 5.10 Å². The Kier molecular flexibility index (Phi) is 5.33. The molecular formula is C14H16Cl3N3. The van der Waals surface area contributed by atoms with E-state index in [0.717, 1.165) is 24.2 Å². The number of halogens is 3. The number of hydrogen-bond donors (Lipinski definition) is 1. The maximum atomic E-state index is 6.22. The predicted molar refractivity (Wildman–Crippen MR) is 84.8 cm³/mol. The zero-order valence-electron chi connectivity index (χ0n) is 11.3. The maximum Gasteiger partial charge on any atom is 0.0781 e. The quantitative estimate of drug-likeness (QED) is 0.829. The van der Waals surface area contributed by atoms with E-state index in [1.807, 2.05) is 32.3 Å². The van der Waals surface area contributed by atoms with Gasteiger partial charge < -0.3 is 5.32 Å². The van der Waals surface area contributed by atoms with Crippen LogP contribution in [0.15, 0.2) is 24.4 Å². The van der Waals surface area contributed by atoms with Gasteiger partial charge in [0.05, 0.1) is 20.8 Å². The Bertz CT molecular complexity index is 595. The number of hydrogen-bond acceptors (Lipinski definition) is 2. The van der Waals surface area contributed by atoms with Gasteiger partial charge >= 0.3 is 0 Å². The van der Waals surface area contributed by atoms with Crippen molar-refractivity contribution in [3.63, 3.8) is 0 Å². The molecule has 0 saturated carbocycles. The summed E-state index contributed by atoms with van der Waals surface area (Å²) in [6, 6.07) is 5.77. The fourth-order valence-corrected chi connectivity index (χ4v) is 2.70. The minimum absolute atomic E-state index is 0.0981. The number of aryl methyl sites for hydroxylation is 1. The van der Waals surface area contributed by atoms with Crippen molar-refractivity contribution in [2.75, 3.05) is 6.54 Å². The van der Waals surface area contributed by atoms with Gasteiger partial charge in [-0.25, -0.2) is 0 Å². The summed E-state index contributed by atoms with van der Waals surface area (Å²) >= 11 is 18.2. The fourth-order valence-electron chi connectivity index (χ4n) is 2.00. The first-order valence-electron chi connectivity index (χ1n) is 6.34. The first kappa shape index (κ1) is 15.6. The van der Waals surface area contributed by atoms with Crippen LogP contribution in [0.1, 0.15) is 24.2 Å². The molecule has 0 saturated heterocycles. The molecule has 0 spiro atoms. The topological polar surface area (TPSA) is 29.9 Å². The molecule has 20 heavy (non-hydrogen) atoms. The number of aromatic nitrogens is 2. The minimum Gasteiger partial charge on any atom is -0.310 e. The SMILES string of the molecule is CC(NCCc1ccn(C)n1)c1ccc(Cl)c(Cl)c1Cl. The lowest BCUT2D eigenvalue weighted by atomic mass is 10.1. The molecule has 0 aliphatic carbocycles. The molecule has 3 nitrogen and oxygen atoms in total. The first-order chi connectivity index (χ1) is 9.49. The van der Waals surface area contributed by atoms with Crippen LogP contribution in [-0.2, 0) is 13.5 Å². The Balaban J connectivity index is 1.95. The van der Waals surface area contributed by atoms with Gasteiger partial charge in [0, 0.05) is 32.3 Å². The highest BCUT2D eigenvalue weighted by Gasteiger charge is 2.13. The highest BCUT2D eigenvalue weighted by Crippen LogP contribution is 2.35. The van der Waals surface area contributed by atoms with Crippen LogP contribution >= 0.6 is 34.8 Å². The van der Waals surface area contributed by atoms with Crippen LogP contribution in [0, 0.1) is 0 Å². The van der Waals surface area contributed by atoms with Crippen LogP contribution in [0.25, 0.3) is 0 Å². The van der Waals surface area contributed by atoms with Crippen molar-refractivity contribution in [2.24, 2.45) is 7.05 Å². The standard InChI is InChI=1S/C14H16Cl3N3/c1-9(11-3-4-12(15)14(17)13(11)16)18-7-5-10-6-8-20(2)19-10/h3-4,6,8-9,18H,5,7H2,1-2H3. The molecule has 6 heteroatoms. The molecule has 1 aromatic carbocycles. The molecule has 1 heterocycles. The summed E-state index contributed by atoms with van der Waals surface area (Å²) in [5.74, 6) is 0. The van der Waals surface area contributed by atoms with Gasteiger partial charge in [-0.1, -0.05) is 40.9 Å². The van der Waals surface area contributed by atoms with E-state index < -0.39 is 0 Å². The summed E-state index contributed by atoms with van der Waals surface area (Å²) in [7, 11) is 1.91.